The molecular weight excluding hydrogens is 290 g/mol. The summed E-state index contributed by atoms with van der Waals surface area (Å²) in [6, 6.07) is 10.6. The van der Waals surface area contributed by atoms with Crippen LogP contribution in [0.1, 0.15) is 25.8 Å². The highest BCUT2D eigenvalue weighted by Crippen LogP contribution is 2.27. The number of amides is 1. The molecule has 0 saturated carbocycles. The van der Waals surface area contributed by atoms with Crippen molar-refractivity contribution < 1.29 is 19.1 Å². The average Bonchev–Trinajstić information content (AvgIpc) is 3.02. The Labute approximate surface area is 123 Å². The van der Waals surface area contributed by atoms with Crippen molar-refractivity contribution in [1.82, 2.24) is 0 Å². The molecule has 106 valence electrons. The zero-order valence-electron chi connectivity index (χ0n) is 11.0. The Hall–Kier alpha value is -2.60. The van der Waals surface area contributed by atoms with Crippen LogP contribution in [0.25, 0.3) is 11.0 Å². The summed E-state index contributed by atoms with van der Waals surface area (Å²) in [5.74, 6) is -1.20. The van der Waals surface area contributed by atoms with Gasteiger partial charge in [0.25, 0.3) is 5.91 Å². The molecule has 0 spiro atoms. The smallest absolute Gasteiger partial charge is 0.346 e. The van der Waals surface area contributed by atoms with E-state index in [1.54, 1.807) is 25.1 Å². The van der Waals surface area contributed by atoms with Gasteiger partial charge in [-0.15, -0.1) is 11.3 Å². The fourth-order valence-corrected chi connectivity index (χ4v) is 2.93. The molecule has 2 N–H and O–H groups in total. The molecule has 0 atom stereocenters. The second-order valence-electron chi connectivity index (χ2n) is 4.53. The maximum atomic E-state index is 12.1. The minimum Gasteiger partial charge on any atom is -0.477 e. The summed E-state index contributed by atoms with van der Waals surface area (Å²) in [7, 11) is 0. The number of hydrogen-bond acceptors (Lipinski definition) is 4. The molecule has 0 aliphatic carbocycles. The molecule has 21 heavy (non-hydrogen) atoms. The zero-order chi connectivity index (χ0) is 15.0. The van der Waals surface area contributed by atoms with Gasteiger partial charge in [0.15, 0.2) is 5.76 Å². The van der Waals surface area contributed by atoms with Crippen LogP contribution in [0.15, 0.2) is 40.8 Å². The number of fused-ring (bicyclic) bond motifs is 1. The lowest BCUT2D eigenvalue weighted by atomic mass is 10.2. The Kier molecular flexibility index (Phi) is 3.23. The minimum atomic E-state index is -0.998. The maximum absolute atomic E-state index is 12.1. The van der Waals surface area contributed by atoms with Gasteiger partial charge in [-0.2, -0.15) is 0 Å². The van der Waals surface area contributed by atoms with E-state index in [4.69, 9.17) is 9.52 Å². The monoisotopic (exact) mass is 301 g/mol. The van der Waals surface area contributed by atoms with Crippen molar-refractivity contribution in [3.63, 3.8) is 0 Å². The molecule has 1 amide bonds. The number of carbonyl (C=O) groups excluding carboxylic acids is 1. The highest BCUT2D eigenvalue weighted by atomic mass is 32.1. The van der Waals surface area contributed by atoms with Gasteiger partial charge in [0.1, 0.15) is 10.5 Å². The van der Waals surface area contributed by atoms with Gasteiger partial charge in [-0.3, -0.25) is 4.79 Å². The number of furan rings is 1. The number of anilines is 1. The number of para-hydroxylation sites is 1. The lowest BCUT2D eigenvalue weighted by molar-refractivity contribution is 0.0701. The number of carbonyl (C=O) groups is 2. The number of nitrogens with one attached hydrogen (secondary N) is 1. The summed E-state index contributed by atoms with van der Waals surface area (Å²) in [6.45, 7) is 1.69. The van der Waals surface area contributed by atoms with Gasteiger partial charge in [-0.05, 0) is 30.7 Å². The summed E-state index contributed by atoms with van der Waals surface area (Å²) in [6.07, 6.45) is 0. The predicted molar refractivity (Wildman–Crippen MR) is 80.2 cm³/mol. The predicted octanol–water partition coefficient (Wildman–Crippen LogP) is 3.75. The van der Waals surface area contributed by atoms with Crippen molar-refractivity contribution in [3.8, 4) is 0 Å². The van der Waals surface area contributed by atoms with Gasteiger partial charge >= 0.3 is 5.97 Å². The second kappa shape index (κ2) is 5.06. The summed E-state index contributed by atoms with van der Waals surface area (Å²) >= 11 is 1.02. The van der Waals surface area contributed by atoms with Gasteiger partial charge in [0, 0.05) is 5.39 Å². The van der Waals surface area contributed by atoms with E-state index in [0.717, 1.165) is 16.7 Å². The van der Waals surface area contributed by atoms with Gasteiger partial charge in [0.2, 0.25) is 0 Å². The molecule has 3 rings (SSSR count). The first-order valence-electron chi connectivity index (χ1n) is 6.18. The molecule has 0 unspecified atom stereocenters. The summed E-state index contributed by atoms with van der Waals surface area (Å²) in [4.78, 5) is 23.3. The van der Waals surface area contributed by atoms with E-state index in [9.17, 15) is 9.59 Å². The number of aromatic carboxylic acids is 1. The van der Waals surface area contributed by atoms with Crippen LogP contribution in [0.3, 0.4) is 0 Å². The third-order valence-corrected chi connectivity index (χ3v) is 4.14. The zero-order valence-corrected chi connectivity index (χ0v) is 11.9. The molecule has 0 aliphatic rings. The molecule has 5 nitrogen and oxygen atoms in total. The molecule has 0 fully saturated rings. The van der Waals surface area contributed by atoms with Crippen molar-refractivity contribution in [2.24, 2.45) is 0 Å². The summed E-state index contributed by atoms with van der Waals surface area (Å²) < 4.78 is 5.46. The first-order chi connectivity index (χ1) is 10.0. The standard InChI is InChI=1S/C15H11NO4S/c1-8-6-12(21-13(8)15(18)19)16-14(17)11-7-9-4-2-3-5-10(9)20-11/h2-7H,1H3,(H,16,17)(H,18,19). The Balaban J connectivity index is 1.86. The van der Waals surface area contributed by atoms with Crippen molar-refractivity contribution in [2.45, 2.75) is 6.92 Å². The molecule has 2 heterocycles. The number of carboxylic acids is 1. The molecule has 0 aliphatic heterocycles. The SMILES string of the molecule is Cc1cc(NC(=O)c2cc3ccccc3o2)sc1C(=O)O. The van der Waals surface area contributed by atoms with Crippen LogP contribution in [0.2, 0.25) is 0 Å². The van der Waals surface area contributed by atoms with E-state index in [1.807, 2.05) is 18.2 Å². The molecule has 0 radical (unpaired) electrons. The third-order valence-electron chi connectivity index (χ3n) is 3.00. The molecular formula is C15H11NO4S. The van der Waals surface area contributed by atoms with E-state index in [1.165, 1.54) is 0 Å². The molecule has 2 aromatic heterocycles. The summed E-state index contributed by atoms with van der Waals surface area (Å²) in [5, 5.41) is 13.0. The fourth-order valence-electron chi connectivity index (χ4n) is 2.02. The van der Waals surface area contributed by atoms with E-state index >= 15 is 0 Å². The van der Waals surface area contributed by atoms with Crippen molar-refractivity contribution >= 4 is 39.2 Å². The molecule has 0 saturated heterocycles. The van der Waals surface area contributed by atoms with Gasteiger partial charge in [-0.25, -0.2) is 4.79 Å². The van der Waals surface area contributed by atoms with E-state index < -0.39 is 11.9 Å². The Bertz CT molecular complexity index is 813. The molecule has 1 aromatic carbocycles. The molecule has 3 aromatic rings. The molecule has 0 bridgehead atoms. The number of benzene rings is 1. The minimum absolute atomic E-state index is 0.194. The van der Waals surface area contributed by atoms with E-state index in [-0.39, 0.29) is 10.6 Å². The van der Waals surface area contributed by atoms with Crippen molar-refractivity contribution in [3.05, 3.63) is 52.6 Å². The first-order valence-corrected chi connectivity index (χ1v) is 7.00. The van der Waals surface area contributed by atoms with Crippen LogP contribution in [0, 0.1) is 6.92 Å². The highest BCUT2D eigenvalue weighted by Gasteiger charge is 2.16. The number of carboxylic acid groups (broad SMARTS) is 1. The number of aryl methyl sites for hydroxylation is 1. The summed E-state index contributed by atoms with van der Waals surface area (Å²) in [5.41, 5.74) is 1.25. The Morgan fingerprint density at radius 2 is 2.00 bits per heavy atom. The van der Waals surface area contributed by atoms with Crippen molar-refractivity contribution in [2.75, 3.05) is 5.32 Å². The van der Waals surface area contributed by atoms with Gasteiger partial charge < -0.3 is 14.8 Å². The average molecular weight is 301 g/mol. The largest absolute Gasteiger partial charge is 0.477 e. The lowest BCUT2D eigenvalue weighted by Crippen LogP contribution is -2.09. The maximum Gasteiger partial charge on any atom is 0.346 e. The number of hydrogen-bond donors (Lipinski definition) is 2. The van der Waals surface area contributed by atoms with Crippen LogP contribution in [-0.4, -0.2) is 17.0 Å². The number of rotatable bonds is 3. The first kappa shape index (κ1) is 13.4. The number of thiophene rings is 1. The van der Waals surface area contributed by atoms with E-state index in [0.29, 0.717) is 16.1 Å². The van der Waals surface area contributed by atoms with Crippen LogP contribution in [-0.2, 0) is 0 Å². The lowest BCUT2D eigenvalue weighted by Gasteiger charge is -1.97. The second-order valence-corrected chi connectivity index (χ2v) is 5.58. The normalized spacial score (nSPS) is 10.7. The van der Waals surface area contributed by atoms with Gasteiger partial charge in [0.05, 0.1) is 5.00 Å². The van der Waals surface area contributed by atoms with E-state index in [2.05, 4.69) is 5.32 Å². The quantitative estimate of drug-likeness (QED) is 0.772. The van der Waals surface area contributed by atoms with Gasteiger partial charge in [-0.1, -0.05) is 18.2 Å². The van der Waals surface area contributed by atoms with Crippen LogP contribution in [0.4, 0.5) is 5.00 Å². The van der Waals surface area contributed by atoms with Crippen LogP contribution >= 0.6 is 11.3 Å². The molecule has 6 heteroatoms. The third kappa shape index (κ3) is 2.53. The van der Waals surface area contributed by atoms with Crippen LogP contribution in [0.5, 0.6) is 0 Å². The Morgan fingerprint density at radius 1 is 1.24 bits per heavy atom. The fraction of sp³-hybridized carbons (Fsp3) is 0.0667. The van der Waals surface area contributed by atoms with Crippen molar-refractivity contribution in [1.29, 1.82) is 0 Å². The highest BCUT2D eigenvalue weighted by molar-refractivity contribution is 7.18. The Morgan fingerprint density at radius 3 is 2.67 bits per heavy atom. The van der Waals surface area contributed by atoms with Crippen LogP contribution < -0.4 is 5.32 Å². The topological polar surface area (TPSA) is 79.5 Å².